The van der Waals surface area contributed by atoms with Crippen LogP contribution in [-0.2, 0) is 6.54 Å². The number of H-pyrrole nitrogens is 1. The van der Waals surface area contributed by atoms with Crippen LogP contribution in [0.5, 0.6) is 0 Å². The van der Waals surface area contributed by atoms with E-state index >= 15 is 0 Å². The van der Waals surface area contributed by atoms with Crippen molar-refractivity contribution in [3.63, 3.8) is 0 Å². The molecular weight excluding hydrogens is 296 g/mol. The molecule has 0 aliphatic carbocycles. The van der Waals surface area contributed by atoms with Gasteiger partial charge >= 0.3 is 0 Å². The first-order valence-corrected chi connectivity index (χ1v) is 7.16. The van der Waals surface area contributed by atoms with Crippen LogP contribution in [0.3, 0.4) is 0 Å². The van der Waals surface area contributed by atoms with Gasteiger partial charge in [-0.25, -0.2) is 4.98 Å². The maximum Gasteiger partial charge on any atom is 0.287 e. The molecule has 2 amide bonds. The minimum atomic E-state index is -0.414. The van der Waals surface area contributed by atoms with E-state index in [1.54, 1.807) is 42.2 Å². The molecule has 0 spiro atoms. The Morgan fingerprint density at radius 1 is 1.22 bits per heavy atom. The Kier molecular flexibility index (Phi) is 3.80. The fraction of sp³-hybridized carbons (Fsp3) is 0.200. The molecular formula is C15H16N6O2. The molecule has 2 heterocycles. The summed E-state index contributed by atoms with van der Waals surface area (Å²) in [6, 6.07) is 6.72. The molecule has 0 aliphatic heterocycles. The summed E-state index contributed by atoms with van der Waals surface area (Å²) in [7, 11) is 0. The van der Waals surface area contributed by atoms with Crippen LogP contribution < -0.4 is 10.9 Å². The van der Waals surface area contributed by atoms with Crippen molar-refractivity contribution in [2.75, 3.05) is 0 Å². The van der Waals surface area contributed by atoms with Gasteiger partial charge < -0.3 is 4.98 Å². The summed E-state index contributed by atoms with van der Waals surface area (Å²) in [5.74, 6) is -0.822. The topological polar surface area (TPSA) is 105 Å². The second kappa shape index (κ2) is 5.91. The monoisotopic (exact) mass is 312 g/mol. The Morgan fingerprint density at radius 2 is 2.00 bits per heavy atom. The van der Waals surface area contributed by atoms with E-state index in [0.29, 0.717) is 17.8 Å². The van der Waals surface area contributed by atoms with E-state index in [4.69, 9.17) is 0 Å². The van der Waals surface area contributed by atoms with Gasteiger partial charge in [0.15, 0.2) is 0 Å². The van der Waals surface area contributed by atoms with Crippen molar-refractivity contribution in [2.24, 2.45) is 0 Å². The fourth-order valence-electron chi connectivity index (χ4n) is 2.30. The zero-order chi connectivity index (χ0) is 16.4. The van der Waals surface area contributed by atoms with Crippen LogP contribution in [0.4, 0.5) is 0 Å². The predicted molar refractivity (Wildman–Crippen MR) is 83.7 cm³/mol. The number of fused-ring (bicyclic) bond motifs is 1. The Labute approximate surface area is 131 Å². The van der Waals surface area contributed by atoms with Crippen LogP contribution in [0.1, 0.15) is 33.5 Å². The Hall–Kier alpha value is -3.16. The van der Waals surface area contributed by atoms with Crippen molar-refractivity contribution in [2.45, 2.75) is 20.4 Å². The van der Waals surface area contributed by atoms with E-state index in [1.165, 1.54) is 0 Å². The van der Waals surface area contributed by atoms with E-state index < -0.39 is 11.8 Å². The number of rotatable bonds is 3. The second-order valence-corrected chi connectivity index (χ2v) is 5.03. The number of amides is 2. The normalized spacial score (nSPS) is 10.7. The van der Waals surface area contributed by atoms with Crippen molar-refractivity contribution < 1.29 is 9.59 Å². The van der Waals surface area contributed by atoms with Crippen LogP contribution in [0.15, 0.2) is 30.6 Å². The van der Waals surface area contributed by atoms with Gasteiger partial charge in [-0.15, -0.1) is 0 Å². The van der Waals surface area contributed by atoms with E-state index in [2.05, 4.69) is 25.9 Å². The fourth-order valence-corrected chi connectivity index (χ4v) is 2.30. The number of hydrogen-bond donors (Lipinski definition) is 3. The van der Waals surface area contributed by atoms with Gasteiger partial charge in [-0.05, 0) is 38.1 Å². The summed E-state index contributed by atoms with van der Waals surface area (Å²) in [6.45, 7) is 4.27. The van der Waals surface area contributed by atoms with Crippen molar-refractivity contribution in [1.82, 2.24) is 30.6 Å². The molecule has 8 heteroatoms. The highest BCUT2D eigenvalue weighted by atomic mass is 16.2. The average molecular weight is 312 g/mol. The third-order valence-corrected chi connectivity index (χ3v) is 3.41. The Balaban J connectivity index is 1.69. The molecule has 3 N–H and O–H groups in total. The van der Waals surface area contributed by atoms with Gasteiger partial charge in [-0.3, -0.25) is 25.1 Å². The van der Waals surface area contributed by atoms with Crippen LogP contribution in [0.2, 0.25) is 0 Å². The summed E-state index contributed by atoms with van der Waals surface area (Å²) in [5.41, 5.74) is 7.89. The number of carbonyl (C=O) groups excluding carboxylic acids is 2. The van der Waals surface area contributed by atoms with Crippen molar-refractivity contribution in [3.8, 4) is 0 Å². The summed E-state index contributed by atoms with van der Waals surface area (Å²) < 4.78 is 1.58. The van der Waals surface area contributed by atoms with Crippen LogP contribution in [0.25, 0.3) is 11.0 Å². The molecule has 3 rings (SSSR count). The summed E-state index contributed by atoms with van der Waals surface area (Å²) in [4.78, 5) is 31.3. The number of aromatic amines is 1. The molecule has 1 aromatic carbocycles. The maximum atomic E-state index is 12.1. The molecule has 2 aromatic heterocycles. The SMILES string of the molecule is CCn1nc(C)cc1C(=O)NNC(=O)c1ccc2nc[nH]c2c1. The number of hydrogen-bond acceptors (Lipinski definition) is 4. The molecule has 0 unspecified atom stereocenters. The highest BCUT2D eigenvalue weighted by molar-refractivity contribution is 6.00. The highest BCUT2D eigenvalue weighted by Crippen LogP contribution is 2.11. The first kappa shape index (κ1) is 14.8. The molecule has 0 saturated heterocycles. The second-order valence-electron chi connectivity index (χ2n) is 5.03. The van der Waals surface area contributed by atoms with Gasteiger partial charge in [0.25, 0.3) is 11.8 Å². The number of aryl methyl sites for hydroxylation is 2. The Bertz CT molecular complexity index is 879. The molecule has 23 heavy (non-hydrogen) atoms. The number of hydrazine groups is 1. The van der Waals surface area contributed by atoms with E-state index in [9.17, 15) is 9.59 Å². The standard InChI is InChI=1S/C15H16N6O2/c1-3-21-13(6-9(2)20-21)15(23)19-18-14(22)10-4-5-11-12(7-10)17-8-16-11/h4-8H,3H2,1-2H3,(H,16,17)(H,18,22)(H,19,23). The van der Waals surface area contributed by atoms with E-state index in [-0.39, 0.29) is 0 Å². The first-order valence-electron chi connectivity index (χ1n) is 7.16. The molecule has 0 bridgehead atoms. The lowest BCUT2D eigenvalue weighted by Crippen LogP contribution is -2.42. The lowest BCUT2D eigenvalue weighted by Gasteiger charge is -2.08. The summed E-state index contributed by atoms with van der Waals surface area (Å²) in [5, 5.41) is 4.20. The van der Waals surface area contributed by atoms with Crippen molar-refractivity contribution in [3.05, 3.63) is 47.5 Å². The van der Waals surface area contributed by atoms with Gasteiger partial charge in [0.2, 0.25) is 0 Å². The molecule has 0 atom stereocenters. The minimum Gasteiger partial charge on any atom is -0.345 e. The number of benzene rings is 1. The van der Waals surface area contributed by atoms with Crippen LogP contribution >= 0.6 is 0 Å². The van der Waals surface area contributed by atoms with Gasteiger partial charge in [-0.2, -0.15) is 5.10 Å². The van der Waals surface area contributed by atoms with Gasteiger partial charge in [0, 0.05) is 12.1 Å². The molecule has 0 fully saturated rings. The number of aromatic nitrogens is 4. The van der Waals surface area contributed by atoms with Gasteiger partial charge in [0.05, 0.1) is 23.1 Å². The largest absolute Gasteiger partial charge is 0.345 e. The van der Waals surface area contributed by atoms with Gasteiger partial charge in [0.1, 0.15) is 5.69 Å². The zero-order valence-corrected chi connectivity index (χ0v) is 12.8. The molecule has 8 nitrogen and oxygen atoms in total. The average Bonchev–Trinajstić information content (AvgIpc) is 3.17. The molecule has 3 aromatic rings. The zero-order valence-electron chi connectivity index (χ0n) is 12.8. The third-order valence-electron chi connectivity index (χ3n) is 3.41. The van der Waals surface area contributed by atoms with E-state index in [0.717, 1.165) is 16.7 Å². The first-order chi connectivity index (χ1) is 11.1. The van der Waals surface area contributed by atoms with Gasteiger partial charge in [-0.1, -0.05) is 0 Å². The summed E-state index contributed by atoms with van der Waals surface area (Å²) in [6.07, 6.45) is 1.56. The summed E-state index contributed by atoms with van der Waals surface area (Å²) >= 11 is 0. The number of nitrogens with one attached hydrogen (secondary N) is 3. The lowest BCUT2D eigenvalue weighted by molar-refractivity contribution is 0.0840. The molecule has 0 saturated carbocycles. The lowest BCUT2D eigenvalue weighted by atomic mass is 10.2. The van der Waals surface area contributed by atoms with Crippen molar-refractivity contribution >= 4 is 22.8 Å². The van der Waals surface area contributed by atoms with Crippen molar-refractivity contribution in [1.29, 1.82) is 0 Å². The van der Waals surface area contributed by atoms with Crippen LogP contribution in [0, 0.1) is 6.92 Å². The van der Waals surface area contributed by atoms with Crippen LogP contribution in [-0.4, -0.2) is 31.6 Å². The molecule has 118 valence electrons. The third kappa shape index (κ3) is 2.91. The number of imidazole rings is 1. The maximum absolute atomic E-state index is 12.1. The number of nitrogens with zero attached hydrogens (tertiary/aromatic N) is 3. The quantitative estimate of drug-likeness (QED) is 0.631. The smallest absolute Gasteiger partial charge is 0.287 e. The predicted octanol–water partition coefficient (Wildman–Crippen LogP) is 1.16. The highest BCUT2D eigenvalue weighted by Gasteiger charge is 2.14. The van der Waals surface area contributed by atoms with E-state index in [1.807, 2.05) is 6.92 Å². The molecule has 0 aliphatic rings. The molecule has 0 radical (unpaired) electrons. The number of carbonyl (C=O) groups is 2. The Morgan fingerprint density at radius 3 is 2.78 bits per heavy atom. The minimum absolute atomic E-state index is 0.398.